The summed E-state index contributed by atoms with van der Waals surface area (Å²) < 4.78 is 6.52. The number of nitrogens with zero attached hydrogens (tertiary/aromatic N) is 8. The number of azide groups is 2. The van der Waals surface area contributed by atoms with Crippen LogP contribution < -0.4 is 11.0 Å². The Bertz CT molecular complexity index is 785. The molecule has 0 saturated carbocycles. The monoisotopic (exact) mass is 339 g/mol. The first-order valence-corrected chi connectivity index (χ1v) is 6.47. The third-order valence-corrected chi connectivity index (χ3v) is 3.69. The van der Waals surface area contributed by atoms with Gasteiger partial charge in [0.1, 0.15) is 11.6 Å². The van der Waals surface area contributed by atoms with Crippen LogP contribution in [0.4, 0.5) is 5.95 Å². The zero-order valence-electron chi connectivity index (χ0n) is 12.3. The van der Waals surface area contributed by atoms with Gasteiger partial charge in [-0.3, -0.25) is 14.6 Å². The van der Waals surface area contributed by atoms with E-state index >= 15 is 0 Å². The van der Waals surface area contributed by atoms with Crippen LogP contribution in [0.1, 0.15) is 13.2 Å². The van der Waals surface area contributed by atoms with E-state index in [1.165, 1.54) is 6.92 Å². The van der Waals surface area contributed by atoms with Crippen molar-refractivity contribution in [2.45, 2.75) is 30.5 Å². The second kappa shape index (κ2) is 6.33. The summed E-state index contributed by atoms with van der Waals surface area (Å²) in [6.45, 7) is 0.367. The number of rotatable bonds is 5. The molecule has 0 aromatic carbocycles. The van der Waals surface area contributed by atoms with Gasteiger partial charge >= 0.3 is 0 Å². The van der Waals surface area contributed by atoms with E-state index in [-0.39, 0.29) is 5.95 Å². The maximum absolute atomic E-state index is 11.3. The average molecular weight is 339 g/mol. The van der Waals surface area contributed by atoms with Gasteiger partial charge in [-0.05, 0) is 18.0 Å². The lowest BCUT2D eigenvalue weighted by molar-refractivity contribution is -0.123. The van der Waals surface area contributed by atoms with Crippen LogP contribution in [0.2, 0.25) is 0 Å². The third kappa shape index (κ3) is 2.51. The normalized spacial score (nSPS) is 31.8. The molecule has 1 saturated heterocycles. The van der Waals surface area contributed by atoms with Crippen LogP contribution in [-0.2, 0) is 4.74 Å². The summed E-state index contributed by atoms with van der Waals surface area (Å²) in [6, 6.07) is 1.03. The number of ether oxygens (including phenoxy) is 1. The number of anilines is 1. The average Bonchev–Trinajstić information content (AvgIpc) is 2.78. The van der Waals surface area contributed by atoms with Gasteiger partial charge in [-0.15, -0.1) is 0 Å². The minimum absolute atomic E-state index is 0.381. The summed E-state index contributed by atoms with van der Waals surface area (Å²) in [7, 11) is 0. The smallest absolute Gasteiger partial charge is 0.274 e. The number of aromatic nitrogens is 2. The van der Waals surface area contributed by atoms with Gasteiger partial charge < -0.3 is 14.9 Å². The van der Waals surface area contributed by atoms with Gasteiger partial charge in [0.25, 0.3) is 5.56 Å². The molecule has 0 unspecified atom stereocenters. The molecular formula is C10H13N9O5. The summed E-state index contributed by atoms with van der Waals surface area (Å²) in [4.78, 5) is 20.0. The summed E-state index contributed by atoms with van der Waals surface area (Å²) in [6.07, 6.45) is -1.96. The van der Waals surface area contributed by atoms with Crippen molar-refractivity contribution < 1.29 is 20.2 Å². The minimum Gasteiger partial charge on any atom is -0.393 e. The standard InChI is InChI=1S/C10H13N9O5/c1-9(15-17-11)6(22)10(4-20,16-18-12)24-7(9)19-3-2-5(21)13-8(19)14-23/h2-3,6-7,20,22-23H,4H2,1H3,(H,13,14,21)/t6-,7+,9+,10+/m0/s1. The van der Waals surface area contributed by atoms with Crippen LogP contribution in [0, 0.1) is 0 Å². The lowest BCUT2D eigenvalue weighted by Gasteiger charge is -2.29. The van der Waals surface area contributed by atoms with Crippen molar-refractivity contribution in [3.63, 3.8) is 0 Å². The topological polar surface area (TPSA) is 214 Å². The maximum Gasteiger partial charge on any atom is 0.274 e. The van der Waals surface area contributed by atoms with E-state index in [0.29, 0.717) is 0 Å². The largest absolute Gasteiger partial charge is 0.393 e. The maximum atomic E-state index is 11.3. The Kier molecular flexibility index (Phi) is 4.61. The Balaban J connectivity index is 2.69. The molecule has 0 spiro atoms. The molecule has 2 heterocycles. The molecule has 0 amide bonds. The lowest BCUT2D eigenvalue weighted by atomic mass is 9.90. The van der Waals surface area contributed by atoms with E-state index in [4.69, 9.17) is 21.0 Å². The molecular weight excluding hydrogens is 326 g/mol. The zero-order chi connectivity index (χ0) is 18.0. The predicted octanol–water partition coefficient (Wildman–Crippen LogP) is 0.00200. The number of aliphatic hydroxyl groups is 2. The van der Waals surface area contributed by atoms with E-state index in [1.807, 2.05) is 0 Å². The van der Waals surface area contributed by atoms with Crippen molar-refractivity contribution in [1.29, 1.82) is 0 Å². The lowest BCUT2D eigenvalue weighted by Crippen LogP contribution is -2.49. The molecule has 0 aliphatic carbocycles. The first-order chi connectivity index (χ1) is 11.4. The highest BCUT2D eigenvalue weighted by atomic mass is 16.6. The van der Waals surface area contributed by atoms with E-state index in [1.54, 1.807) is 5.48 Å². The van der Waals surface area contributed by atoms with Crippen LogP contribution in [-0.4, -0.2) is 48.9 Å². The third-order valence-electron chi connectivity index (χ3n) is 3.69. The van der Waals surface area contributed by atoms with Gasteiger partial charge in [-0.25, -0.2) is 5.48 Å². The van der Waals surface area contributed by atoms with Gasteiger partial charge in [-0.2, -0.15) is 4.98 Å². The van der Waals surface area contributed by atoms with Crippen LogP contribution >= 0.6 is 0 Å². The SMILES string of the molecule is C[C@]1(N=[N+]=[N-])[C@H](n2ccc(=O)nc2NO)O[C@@](CO)(N=[N+]=[N-])[C@H]1O. The van der Waals surface area contributed by atoms with Crippen molar-refractivity contribution in [2.75, 3.05) is 12.1 Å². The Labute approximate surface area is 133 Å². The quantitative estimate of drug-likeness (QED) is 0.249. The fraction of sp³-hybridized carbons (Fsp3) is 0.600. The molecule has 24 heavy (non-hydrogen) atoms. The highest BCUT2D eigenvalue weighted by Gasteiger charge is 2.62. The van der Waals surface area contributed by atoms with E-state index in [0.717, 1.165) is 16.8 Å². The first kappa shape index (κ1) is 17.5. The molecule has 2 rings (SSSR count). The number of nitrogens with one attached hydrogen (secondary N) is 1. The molecule has 14 nitrogen and oxygen atoms in total. The summed E-state index contributed by atoms with van der Waals surface area (Å²) in [5.74, 6) is -0.381. The highest BCUT2D eigenvalue weighted by molar-refractivity contribution is 5.25. The predicted molar refractivity (Wildman–Crippen MR) is 76.5 cm³/mol. The van der Waals surface area contributed by atoms with E-state index < -0.39 is 35.8 Å². The first-order valence-electron chi connectivity index (χ1n) is 6.47. The molecule has 1 fully saturated rings. The van der Waals surface area contributed by atoms with Gasteiger partial charge in [0.2, 0.25) is 5.95 Å². The Hall–Kier alpha value is -2.86. The van der Waals surface area contributed by atoms with Crippen LogP contribution in [0.15, 0.2) is 27.3 Å². The summed E-state index contributed by atoms with van der Waals surface area (Å²) in [5, 5.41) is 35.9. The fourth-order valence-corrected chi connectivity index (χ4v) is 2.50. The Morgan fingerprint density at radius 3 is 2.71 bits per heavy atom. The molecule has 1 aromatic rings. The molecule has 1 aliphatic heterocycles. The van der Waals surface area contributed by atoms with Crippen molar-refractivity contribution in [3.8, 4) is 0 Å². The van der Waals surface area contributed by atoms with Crippen molar-refractivity contribution in [1.82, 2.24) is 9.55 Å². The van der Waals surface area contributed by atoms with E-state index in [9.17, 15) is 15.0 Å². The van der Waals surface area contributed by atoms with Crippen molar-refractivity contribution in [3.05, 3.63) is 43.5 Å². The van der Waals surface area contributed by atoms with E-state index in [2.05, 4.69) is 25.0 Å². The molecule has 4 atom stereocenters. The van der Waals surface area contributed by atoms with Crippen molar-refractivity contribution in [2.24, 2.45) is 10.2 Å². The number of hydrogen-bond donors (Lipinski definition) is 4. The summed E-state index contributed by atoms with van der Waals surface area (Å²) >= 11 is 0. The zero-order valence-corrected chi connectivity index (χ0v) is 12.3. The molecule has 128 valence electrons. The van der Waals surface area contributed by atoms with Gasteiger partial charge in [0, 0.05) is 22.1 Å². The molecule has 0 radical (unpaired) electrons. The molecule has 14 heteroatoms. The second-order valence-corrected chi connectivity index (χ2v) is 5.09. The Morgan fingerprint density at radius 1 is 1.50 bits per heavy atom. The Morgan fingerprint density at radius 2 is 2.17 bits per heavy atom. The van der Waals surface area contributed by atoms with Crippen LogP contribution in [0.5, 0.6) is 0 Å². The molecule has 0 bridgehead atoms. The van der Waals surface area contributed by atoms with Crippen LogP contribution in [0.3, 0.4) is 0 Å². The second-order valence-electron chi connectivity index (χ2n) is 5.09. The fourth-order valence-electron chi connectivity index (χ4n) is 2.50. The van der Waals surface area contributed by atoms with Gasteiger partial charge in [-0.1, -0.05) is 10.2 Å². The highest BCUT2D eigenvalue weighted by Crippen LogP contribution is 2.48. The number of hydrogen-bond acceptors (Lipinski definition) is 9. The molecule has 4 N–H and O–H groups in total. The van der Waals surface area contributed by atoms with Crippen LogP contribution in [0.25, 0.3) is 20.9 Å². The number of aliphatic hydroxyl groups excluding tert-OH is 2. The van der Waals surface area contributed by atoms with Gasteiger partial charge in [0.15, 0.2) is 12.0 Å². The molecule has 1 aliphatic rings. The summed E-state index contributed by atoms with van der Waals surface area (Å²) in [5.41, 5.74) is 14.6. The molecule has 1 aromatic heterocycles. The van der Waals surface area contributed by atoms with Crippen molar-refractivity contribution >= 4 is 5.95 Å². The van der Waals surface area contributed by atoms with Gasteiger partial charge in [0.05, 0.1) is 6.61 Å². The minimum atomic E-state index is -2.14.